The number of hydrogen-bond donors (Lipinski definition) is 4. The number of carbonyl (C=O) groups is 2. The number of anilines is 1. The lowest BCUT2D eigenvalue weighted by Gasteiger charge is -2.43. The van der Waals surface area contributed by atoms with Crippen LogP contribution in [0.4, 0.5) is 10.5 Å². The van der Waals surface area contributed by atoms with Crippen molar-refractivity contribution in [1.82, 2.24) is 20.4 Å². The van der Waals surface area contributed by atoms with Gasteiger partial charge >= 0.3 is 14.3 Å². The van der Waals surface area contributed by atoms with E-state index in [4.69, 9.17) is 9.16 Å². The van der Waals surface area contributed by atoms with Crippen LogP contribution >= 0.6 is 0 Å². The second kappa shape index (κ2) is 24.4. The average Bonchev–Trinajstić information content (AvgIpc) is 3.32. The van der Waals surface area contributed by atoms with Crippen molar-refractivity contribution in [1.29, 1.82) is 0 Å². The summed E-state index contributed by atoms with van der Waals surface area (Å²) >= 11 is 0. The predicted molar refractivity (Wildman–Crippen MR) is 264 cm³/mol. The number of likely N-dealkylation sites (tertiary alicyclic amines) is 2. The van der Waals surface area contributed by atoms with Crippen molar-refractivity contribution in [2.75, 3.05) is 51.2 Å². The molecule has 2 heterocycles. The Kier molecular flexibility index (Phi) is 18.6. The Hall–Kier alpha value is -4.84. The van der Waals surface area contributed by atoms with Gasteiger partial charge in [-0.3, -0.25) is 4.79 Å². The molecule has 4 aromatic rings. The maximum atomic E-state index is 13.7. The molecular formula is C53H75N5O5Si. The van der Waals surface area contributed by atoms with Crippen molar-refractivity contribution in [3.8, 4) is 11.5 Å². The summed E-state index contributed by atoms with van der Waals surface area (Å²) in [7, 11) is -2.73. The van der Waals surface area contributed by atoms with Crippen molar-refractivity contribution >= 4 is 36.3 Å². The molecular weight excluding hydrogens is 815 g/mol. The number of aliphatic hydroxyl groups excluding tert-OH is 1. The molecule has 3 amide bonds. The van der Waals surface area contributed by atoms with E-state index in [2.05, 4.69) is 129 Å². The van der Waals surface area contributed by atoms with Gasteiger partial charge in [0.2, 0.25) is 5.91 Å². The number of carbonyl (C=O) groups excluding carboxylic acids is 2. The Balaban J connectivity index is 0.876. The number of amides is 3. The number of nitrogens with zero attached hydrogens (tertiary/aromatic N) is 2. The zero-order valence-electron chi connectivity index (χ0n) is 39.0. The molecule has 0 aromatic heterocycles. The van der Waals surface area contributed by atoms with Crippen molar-refractivity contribution < 1.29 is 23.9 Å². The van der Waals surface area contributed by atoms with Gasteiger partial charge in [0.1, 0.15) is 30.3 Å². The van der Waals surface area contributed by atoms with Gasteiger partial charge in [-0.05, 0) is 109 Å². The molecule has 2 fully saturated rings. The Morgan fingerprint density at radius 3 is 2.02 bits per heavy atom. The zero-order valence-corrected chi connectivity index (χ0v) is 40.0. The Morgan fingerprint density at radius 2 is 1.38 bits per heavy atom. The molecule has 0 bridgehead atoms. The first-order chi connectivity index (χ1) is 31.1. The predicted octanol–water partition coefficient (Wildman–Crippen LogP) is 8.52. The molecule has 2 atom stereocenters. The van der Waals surface area contributed by atoms with Crippen LogP contribution in [0.15, 0.2) is 109 Å². The topological polar surface area (TPSA) is 115 Å². The minimum Gasteiger partial charge on any atom is -0.534 e. The van der Waals surface area contributed by atoms with Gasteiger partial charge in [-0.1, -0.05) is 133 Å². The average molecular weight is 890 g/mol. The molecule has 10 nitrogen and oxygen atoms in total. The summed E-state index contributed by atoms with van der Waals surface area (Å²) in [6, 6.07) is 37.4. The zero-order chi connectivity index (χ0) is 45.2. The van der Waals surface area contributed by atoms with Crippen LogP contribution in [0.25, 0.3) is 0 Å². The van der Waals surface area contributed by atoms with Gasteiger partial charge in [0.05, 0.1) is 0 Å². The third-order valence-corrected chi connectivity index (χ3v) is 17.9. The van der Waals surface area contributed by atoms with Crippen LogP contribution in [0.2, 0.25) is 5.04 Å². The lowest BCUT2D eigenvalue weighted by molar-refractivity contribution is -0.138. The van der Waals surface area contributed by atoms with E-state index in [1.54, 1.807) is 4.90 Å². The Bertz CT molecular complexity index is 1930. The number of piperidine rings is 2. The lowest BCUT2D eigenvalue weighted by Crippen LogP contribution is -2.68. The summed E-state index contributed by atoms with van der Waals surface area (Å²) in [5.74, 6) is 1.59. The smallest absolute Gasteiger partial charge is 0.319 e. The fourth-order valence-corrected chi connectivity index (χ4v) is 13.7. The molecule has 2 saturated heterocycles. The van der Waals surface area contributed by atoms with Crippen LogP contribution in [0, 0.1) is 0 Å². The summed E-state index contributed by atoms with van der Waals surface area (Å²) in [6.45, 7) is 13.1. The van der Waals surface area contributed by atoms with Crippen molar-refractivity contribution in [3.63, 3.8) is 0 Å². The standard InChI is InChI=1S/C53H75N5O5Si/c1-5-6-7-8-9-17-35-55-52(61)58-37-18-16-23-50(58)51(60)57-38-33-44(34-39-57)56-43-26-24-42(25-27-43)32-36-54-40-45(59)41-62-46-28-30-47(31-29-46)63-64(53(2,3)4,48-19-12-10-13-20-48)49-21-14-11-15-22-49/h10-15,19-22,24-31,44-45,50,54,56,59H,5-9,16-18,23,32-41H2,1-4H3,(H,55,61)/t45-,50?/m0/s1. The third kappa shape index (κ3) is 13.6. The van der Waals surface area contributed by atoms with E-state index >= 15 is 0 Å². The van der Waals surface area contributed by atoms with E-state index in [9.17, 15) is 14.7 Å². The van der Waals surface area contributed by atoms with Crippen LogP contribution in [0.5, 0.6) is 11.5 Å². The van der Waals surface area contributed by atoms with E-state index in [0.717, 1.165) is 69.3 Å². The molecule has 0 radical (unpaired) electrons. The molecule has 1 unspecified atom stereocenters. The summed E-state index contributed by atoms with van der Waals surface area (Å²) in [5, 5.41) is 23.2. The summed E-state index contributed by atoms with van der Waals surface area (Å²) in [6.07, 6.45) is 11.8. The maximum absolute atomic E-state index is 13.7. The second-order valence-corrected chi connectivity index (χ2v) is 23.0. The molecule has 11 heteroatoms. The fourth-order valence-electron chi connectivity index (χ4n) is 9.27. The molecule has 2 aliphatic heterocycles. The third-order valence-electron chi connectivity index (χ3n) is 12.9. The van der Waals surface area contributed by atoms with E-state index in [0.29, 0.717) is 44.5 Å². The largest absolute Gasteiger partial charge is 0.534 e. The summed E-state index contributed by atoms with van der Waals surface area (Å²) in [4.78, 5) is 30.6. The molecule has 6 rings (SSSR count). The van der Waals surface area contributed by atoms with Crippen LogP contribution in [-0.4, -0.2) is 99.2 Å². The van der Waals surface area contributed by atoms with Crippen LogP contribution < -0.4 is 35.5 Å². The highest BCUT2D eigenvalue weighted by molar-refractivity contribution is 7.00. The van der Waals surface area contributed by atoms with Gasteiger partial charge in [0.25, 0.3) is 0 Å². The Morgan fingerprint density at radius 1 is 0.750 bits per heavy atom. The Labute approximate surface area is 384 Å². The lowest BCUT2D eigenvalue weighted by atomic mass is 9.98. The first kappa shape index (κ1) is 48.6. The fraction of sp³-hybridized carbons (Fsp3) is 0.509. The van der Waals surface area contributed by atoms with E-state index in [1.165, 1.54) is 41.6 Å². The highest BCUT2D eigenvalue weighted by Gasteiger charge is 2.52. The number of aliphatic hydroxyl groups is 1. The van der Waals surface area contributed by atoms with E-state index in [-0.39, 0.29) is 29.6 Å². The minimum atomic E-state index is -2.73. The van der Waals surface area contributed by atoms with Crippen molar-refractivity contribution in [2.24, 2.45) is 0 Å². The first-order valence-electron chi connectivity index (χ1n) is 24.2. The maximum Gasteiger partial charge on any atom is 0.319 e. The number of unbranched alkanes of at least 4 members (excludes halogenated alkanes) is 5. The van der Waals surface area contributed by atoms with Gasteiger partial charge in [-0.2, -0.15) is 0 Å². The van der Waals surface area contributed by atoms with Gasteiger partial charge < -0.3 is 40.0 Å². The van der Waals surface area contributed by atoms with E-state index in [1.807, 2.05) is 29.2 Å². The summed E-state index contributed by atoms with van der Waals surface area (Å²) in [5.41, 5.74) is 2.30. The van der Waals surface area contributed by atoms with Crippen molar-refractivity contribution in [3.05, 3.63) is 115 Å². The first-order valence-corrected chi connectivity index (χ1v) is 26.1. The van der Waals surface area contributed by atoms with Crippen molar-refractivity contribution in [2.45, 2.75) is 128 Å². The SMILES string of the molecule is CCCCCCCCNC(=O)N1CCCCC1C(=O)N1CCC(Nc2ccc(CCNC[C@H](O)COc3ccc(O[Si](c4ccccc4)(c4ccccc4)C(C)(C)C)cc3)cc2)CC1. The van der Waals surface area contributed by atoms with Crippen LogP contribution in [0.3, 0.4) is 0 Å². The molecule has 0 saturated carbocycles. The molecule has 4 N–H and O–H groups in total. The number of benzene rings is 4. The number of nitrogens with one attached hydrogen (secondary N) is 3. The molecule has 2 aliphatic rings. The second-order valence-electron chi connectivity index (χ2n) is 18.8. The monoisotopic (exact) mass is 890 g/mol. The minimum absolute atomic E-state index is 0.0812. The quantitative estimate of drug-likeness (QED) is 0.0462. The summed E-state index contributed by atoms with van der Waals surface area (Å²) < 4.78 is 13.1. The number of hydrogen-bond acceptors (Lipinski definition) is 7. The van der Waals surface area contributed by atoms with Gasteiger partial charge in [0.15, 0.2) is 0 Å². The number of rotatable bonds is 22. The van der Waals surface area contributed by atoms with Crippen LogP contribution in [-0.2, 0) is 11.2 Å². The highest BCUT2D eigenvalue weighted by Crippen LogP contribution is 2.38. The number of urea groups is 1. The molecule has 346 valence electrons. The van der Waals surface area contributed by atoms with E-state index < -0.39 is 14.4 Å². The molecule has 0 spiro atoms. The highest BCUT2D eigenvalue weighted by atomic mass is 28.4. The van der Waals surface area contributed by atoms with Gasteiger partial charge in [-0.15, -0.1) is 0 Å². The number of ether oxygens (including phenoxy) is 1. The molecule has 0 aliphatic carbocycles. The molecule has 4 aromatic carbocycles. The van der Waals surface area contributed by atoms with Crippen LogP contribution in [0.1, 0.15) is 104 Å². The normalized spacial score (nSPS) is 16.5. The van der Waals surface area contributed by atoms with Gasteiger partial charge in [-0.25, -0.2) is 4.79 Å². The van der Waals surface area contributed by atoms with Gasteiger partial charge in [0, 0.05) is 44.5 Å². The molecule has 64 heavy (non-hydrogen) atoms.